The van der Waals surface area contributed by atoms with Gasteiger partial charge in [0, 0.05) is 30.5 Å². The van der Waals surface area contributed by atoms with Gasteiger partial charge in [-0.25, -0.2) is 0 Å². The van der Waals surface area contributed by atoms with Crippen molar-refractivity contribution >= 4 is 5.91 Å². The third-order valence-corrected chi connectivity index (χ3v) is 5.16. The Hall–Kier alpha value is -2.40. The fourth-order valence-corrected chi connectivity index (χ4v) is 3.60. The van der Waals surface area contributed by atoms with Gasteiger partial charge in [0.15, 0.2) is 0 Å². The van der Waals surface area contributed by atoms with Crippen molar-refractivity contribution in [2.24, 2.45) is 5.73 Å². The summed E-state index contributed by atoms with van der Waals surface area (Å²) in [4.78, 5) is 18.8. The van der Waals surface area contributed by atoms with Gasteiger partial charge < -0.3 is 10.5 Å². The summed E-state index contributed by atoms with van der Waals surface area (Å²) < 4.78 is 5.43. The number of hydrogen-bond acceptors (Lipinski definition) is 4. The summed E-state index contributed by atoms with van der Waals surface area (Å²) in [7, 11) is 1.67. The number of nitrogens with two attached hydrogens (primary N) is 1. The Bertz CT molecular complexity index is 720. The molecule has 1 aromatic carbocycles. The summed E-state index contributed by atoms with van der Waals surface area (Å²) >= 11 is 0. The highest BCUT2D eigenvalue weighted by molar-refractivity contribution is 5.85. The van der Waals surface area contributed by atoms with Gasteiger partial charge >= 0.3 is 0 Å². The first-order valence-corrected chi connectivity index (χ1v) is 8.72. The maximum Gasteiger partial charge on any atom is 0.238 e. The Morgan fingerprint density at radius 3 is 2.72 bits per heavy atom. The normalized spacial score (nSPS) is 20.0. The van der Waals surface area contributed by atoms with Crippen LogP contribution in [0.5, 0.6) is 5.75 Å². The van der Waals surface area contributed by atoms with E-state index >= 15 is 0 Å². The molecule has 1 aliphatic heterocycles. The molecular formula is C20H25N3O2. The van der Waals surface area contributed by atoms with E-state index in [4.69, 9.17) is 10.5 Å². The molecule has 0 bridgehead atoms. The van der Waals surface area contributed by atoms with Crippen molar-refractivity contribution in [1.82, 2.24) is 9.88 Å². The van der Waals surface area contributed by atoms with E-state index in [1.54, 1.807) is 13.3 Å². The molecule has 0 aliphatic carbocycles. The molecule has 3 rings (SSSR count). The van der Waals surface area contributed by atoms with Crippen LogP contribution in [0.2, 0.25) is 0 Å². The SMILES string of the molecule is COc1ccccc1CN1CC[C@]1(CCCc1ccccn1)C(N)=O. The summed E-state index contributed by atoms with van der Waals surface area (Å²) in [5, 5.41) is 0. The Kier molecular flexibility index (Phi) is 5.34. The molecule has 5 nitrogen and oxygen atoms in total. The maximum atomic E-state index is 12.2. The largest absolute Gasteiger partial charge is 0.496 e. The number of hydrogen-bond donors (Lipinski definition) is 1. The third kappa shape index (κ3) is 3.66. The number of rotatable bonds is 8. The molecule has 132 valence electrons. The molecule has 0 radical (unpaired) electrons. The molecule has 5 heteroatoms. The molecule has 1 amide bonds. The lowest BCUT2D eigenvalue weighted by atomic mass is 9.78. The minimum Gasteiger partial charge on any atom is -0.496 e. The third-order valence-electron chi connectivity index (χ3n) is 5.16. The van der Waals surface area contributed by atoms with Crippen LogP contribution in [-0.2, 0) is 17.8 Å². The average Bonchev–Trinajstić information content (AvgIpc) is 2.63. The second kappa shape index (κ2) is 7.66. The van der Waals surface area contributed by atoms with Gasteiger partial charge in [0.2, 0.25) is 5.91 Å². The molecule has 0 spiro atoms. The van der Waals surface area contributed by atoms with Crippen LogP contribution in [-0.4, -0.2) is 35.0 Å². The van der Waals surface area contributed by atoms with Gasteiger partial charge in [0.25, 0.3) is 0 Å². The molecule has 1 saturated heterocycles. The fourth-order valence-electron chi connectivity index (χ4n) is 3.60. The molecule has 1 aromatic heterocycles. The lowest BCUT2D eigenvalue weighted by Crippen LogP contribution is -2.66. The van der Waals surface area contributed by atoms with Crippen molar-refractivity contribution in [1.29, 1.82) is 0 Å². The van der Waals surface area contributed by atoms with Crippen molar-refractivity contribution in [3.05, 3.63) is 59.9 Å². The summed E-state index contributed by atoms with van der Waals surface area (Å²) in [6.07, 6.45) is 5.13. The highest BCUT2D eigenvalue weighted by Gasteiger charge is 2.49. The number of benzene rings is 1. The van der Waals surface area contributed by atoms with Crippen molar-refractivity contribution < 1.29 is 9.53 Å². The van der Waals surface area contributed by atoms with Gasteiger partial charge in [-0.2, -0.15) is 0 Å². The molecular weight excluding hydrogens is 314 g/mol. The Balaban J connectivity index is 1.66. The highest BCUT2D eigenvalue weighted by atomic mass is 16.5. The number of aryl methyl sites for hydroxylation is 1. The second-order valence-electron chi connectivity index (χ2n) is 6.55. The zero-order valence-corrected chi connectivity index (χ0v) is 14.6. The van der Waals surface area contributed by atoms with Gasteiger partial charge in [0.1, 0.15) is 11.3 Å². The van der Waals surface area contributed by atoms with Gasteiger partial charge in [0.05, 0.1) is 7.11 Å². The first kappa shape index (κ1) is 17.4. The monoisotopic (exact) mass is 339 g/mol. The topological polar surface area (TPSA) is 68.4 Å². The zero-order valence-electron chi connectivity index (χ0n) is 14.6. The van der Waals surface area contributed by atoms with Crippen LogP contribution < -0.4 is 10.5 Å². The van der Waals surface area contributed by atoms with Gasteiger partial charge in [-0.3, -0.25) is 14.7 Å². The van der Waals surface area contributed by atoms with Crippen LogP contribution in [0.15, 0.2) is 48.7 Å². The van der Waals surface area contributed by atoms with Crippen molar-refractivity contribution in [2.45, 2.75) is 37.8 Å². The minimum atomic E-state index is -0.546. The number of aromatic nitrogens is 1. The van der Waals surface area contributed by atoms with Gasteiger partial charge in [-0.15, -0.1) is 0 Å². The van der Waals surface area contributed by atoms with Crippen LogP contribution in [0.3, 0.4) is 0 Å². The summed E-state index contributed by atoms with van der Waals surface area (Å²) in [5.74, 6) is 0.621. The molecule has 1 atom stereocenters. The van der Waals surface area contributed by atoms with E-state index in [-0.39, 0.29) is 5.91 Å². The number of primary amides is 1. The number of amides is 1. The van der Waals surface area contributed by atoms with Gasteiger partial charge in [-0.1, -0.05) is 24.3 Å². The molecule has 1 aliphatic rings. The minimum absolute atomic E-state index is 0.227. The smallest absolute Gasteiger partial charge is 0.238 e. The molecule has 1 fully saturated rings. The number of pyridine rings is 1. The first-order valence-electron chi connectivity index (χ1n) is 8.72. The molecule has 2 aromatic rings. The van der Waals surface area contributed by atoms with E-state index in [1.807, 2.05) is 42.5 Å². The van der Waals surface area contributed by atoms with Crippen LogP contribution >= 0.6 is 0 Å². The van der Waals surface area contributed by atoms with Gasteiger partial charge in [-0.05, 0) is 43.9 Å². The van der Waals surface area contributed by atoms with Crippen molar-refractivity contribution in [3.8, 4) is 5.75 Å². The van der Waals surface area contributed by atoms with Crippen LogP contribution in [0.4, 0.5) is 0 Å². The van der Waals surface area contributed by atoms with E-state index in [0.717, 1.165) is 49.2 Å². The number of likely N-dealkylation sites (tertiary alicyclic amines) is 1. The molecule has 0 saturated carbocycles. The standard InChI is InChI=1S/C20H25N3O2/c1-25-18-10-3-2-7-16(18)15-23-14-12-20(23,19(21)24)11-6-9-17-8-4-5-13-22-17/h2-5,7-8,10,13H,6,9,11-12,14-15H2,1H3,(H2,21,24)/t20-/m1/s1. The van der Waals surface area contributed by atoms with Crippen molar-refractivity contribution in [2.75, 3.05) is 13.7 Å². The fraction of sp³-hybridized carbons (Fsp3) is 0.400. The van der Waals surface area contributed by atoms with Crippen molar-refractivity contribution in [3.63, 3.8) is 0 Å². The zero-order chi connectivity index (χ0) is 17.7. The lowest BCUT2D eigenvalue weighted by molar-refractivity contribution is -0.141. The van der Waals surface area contributed by atoms with Crippen LogP contribution in [0, 0.1) is 0 Å². The molecule has 2 N–H and O–H groups in total. The number of carbonyl (C=O) groups is 1. The summed E-state index contributed by atoms with van der Waals surface area (Å²) in [6, 6.07) is 13.8. The Labute approximate surface area is 148 Å². The van der Waals surface area contributed by atoms with E-state index in [9.17, 15) is 4.79 Å². The predicted octanol–water partition coefficient (Wildman–Crippen LogP) is 2.54. The average molecular weight is 339 g/mol. The quantitative estimate of drug-likeness (QED) is 0.802. The van der Waals surface area contributed by atoms with E-state index in [0.29, 0.717) is 6.54 Å². The molecule has 0 unspecified atom stereocenters. The molecule has 2 heterocycles. The molecule has 25 heavy (non-hydrogen) atoms. The Morgan fingerprint density at radius 1 is 1.28 bits per heavy atom. The number of carbonyl (C=O) groups excluding carboxylic acids is 1. The van der Waals surface area contributed by atoms with E-state index in [1.165, 1.54) is 0 Å². The summed E-state index contributed by atoms with van der Waals surface area (Å²) in [6.45, 7) is 1.56. The maximum absolute atomic E-state index is 12.2. The highest BCUT2D eigenvalue weighted by Crippen LogP contribution is 2.37. The Morgan fingerprint density at radius 2 is 2.08 bits per heavy atom. The lowest BCUT2D eigenvalue weighted by Gasteiger charge is -2.51. The number of para-hydroxylation sites is 1. The number of nitrogens with zero attached hydrogens (tertiary/aromatic N) is 2. The van der Waals surface area contributed by atoms with Crippen LogP contribution in [0.25, 0.3) is 0 Å². The first-order chi connectivity index (χ1) is 12.2. The van der Waals surface area contributed by atoms with E-state index < -0.39 is 5.54 Å². The summed E-state index contributed by atoms with van der Waals surface area (Å²) in [5.41, 5.74) is 7.39. The van der Waals surface area contributed by atoms with Crippen LogP contribution in [0.1, 0.15) is 30.5 Å². The predicted molar refractivity (Wildman–Crippen MR) is 97.1 cm³/mol. The van der Waals surface area contributed by atoms with E-state index in [2.05, 4.69) is 9.88 Å². The number of methoxy groups -OCH3 is 1. The number of ether oxygens (including phenoxy) is 1. The second-order valence-corrected chi connectivity index (χ2v) is 6.55.